The van der Waals surface area contributed by atoms with Crippen LogP contribution in [0.15, 0.2) is 48.8 Å². The Morgan fingerprint density at radius 3 is 2.93 bits per heavy atom. The minimum atomic E-state index is -0.0943. The summed E-state index contributed by atoms with van der Waals surface area (Å²) < 4.78 is 0. The minimum Gasteiger partial charge on any atom is -0.361 e. The third kappa shape index (κ3) is 3.75. The van der Waals surface area contributed by atoms with Gasteiger partial charge in [-0.25, -0.2) is 4.98 Å². The van der Waals surface area contributed by atoms with Crippen molar-refractivity contribution in [3.63, 3.8) is 0 Å². The van der Waals surface area contributed by atoms with Gasteiger partial charge in [0.25, 0.3) is 0 Å². The van der Waals surface area contributed by atoms with E-state index in [1.54, 1.807) is 12.3 Å². The molecular weight excluding hydrogens is 338 g/mol. The van der Waals surface area contributed by atoms with Crippen molar-refractivity contribution in [1.29, 1.82) is 0 Å². The van der Waals surface area contributed by atoms with Crippen LogP contribution in [0.4, 0.5) is 5.82 Å². The Labute approximate surface area is 158 Å². The lowest BCUT2D eigenvalue weighted by Crippen LogP contribution is -2.29. The van der Waals surface area contributed by atoms with E-state index in [0.717, 1.165) is 49.7 Å². The molecule has 3 aromatic rings. The lowest BCUT2D eigenvalue weighted by molar-refractivity contribution is 0.103. The lowest BCUT2D eigenvalue weighted by atomic mass is 10.0. The minimum absolute atomic E-state index is 0.0943. The normalized spacial score (nSPS) is 14.8. The Morgan fingerprint density at radius 1 is 1.15 bits per heavy atom. The maximum absolute atomic E-state index is 13.1. The summed E-state index contributed by atoms with van der Waals surface area (Å²) in [7, 11) is 0. The van der Waals surface area contributed by atoms with Crippen LogP contribution < -0.4 is 10.2 Å². The number of ketones is 1. The molecule has 0 unspecified atom stereocenters. The maximum atomic E-state index is 13.1. The Hall–Kier alpha value is -2.99. The Kier molecular flexibility index (Phi) is 4.98. The molecule has 1 fully saturated rings. The van der Waals surface area contributed by atoms with Crippen molar-refractivity contribution in [2.45, 2.75) is 13.3 Å². The fraction of sp³-hybridized carbons (Fsp3) is 0.286. The van der Waals surface area contributed by atoms with Crippen LogP contribution in [0.5, 0.6) is 0 Å². The molecule has 1 aliphatic rings. The number of aromatic amines is 1. The van der Waals surface area contributed by atoms with E-state index in [9.17, 15) is 4.79 Å². The van der Waals surface area contributed by atoms with E-state index < -0.39 is 0 Å². The van der Waals surface area contributed by atoms with E-state index in [4.69, 9.17) is 0 Å². The first kappa shape index (κ1) is 17.4. The van der Waals surface area contributed by atoms with E-state index in [1.165, 1.54) is 0 Å². The Bertz CT molecular complexity index is 928. The molecule has 1 saturated heterocycles. The number of carbonyl (C=O) groups excluding carboxylic acids is 1. The molecule has 3 aromatic heterocycles. The van der Waals surface area contributed by atoms with Gasteiger partial charge in [-0.1, -0.05) is 6.07 Å². The molecule has 138 valence electrons. The number of aromatic nitrogens is 3. The van der Waals surface area contributed by atoms with E-state index in [2.05, 4.69) is 25.2 Å². The molecule has 1 aliphatic heterocycles. The summed E-state index contributed by atoms with van der Waals surface area (Å²) in [5, 5.41) is 3.39. The number of H-pyrrole nitrogens is 1. The van der Waals surface area contributed by atoms with Gasteiger partial charge in [0.15, 0.2) is 0 Å². The zero-order valence-corrected chi connectivity index (χ0v) is 15.4. The SMILES string of the molecule is Cc1ncc(-c2ccc[nH]2)cc1C(=O)c1cccc(N2CCCNCC2)n1. The average molecular weight is 361 g/mol. The summed E-state index contributed by atoms with van der Waals surface area (Å²) in [6, 6.07) is 11.4. The van der Waals surface area contributed by atoms with Crippen LogP contribution in [0, 0.1) is 6.92 Å². The third-order valence-electron chi connectivity index (χ3n) is 4.87. The van der Waals surface area contributed by atoms with E-state index >= 15 is 0 Å². The van der Waals surface area contributed by atoms with Crippen LogP contribution in [0.3, 0.4) is 0 Å². The molecule has 0 spiro atoms. The first-order chi connectivity index (χ1) is 13.2. The quantitative estimate of drug-likeness (QED) is 0.699. The van der Waals surface area contributed by atoms with Crippen LogP contribution in [0.1, 0.15) is 28.2 Å². The average Bonchev–Trinajstić information content (AvgIpc) is 3.10. The van der Waals surface area contributed by atoms with Gasteiger partial charge >= 0.3 is 0 Å². The van der Waals surface area contributed by atoms with E-state index in [1.807, 2.05) is 43.5 Å². The second-order valence-electron chi connectivity index (χ2n) is 6.74. The molecule has 6 heteroatoms. The summed E-state index contributed by atoms with van der Waals surface area (Å²) >= 11 is 0. The predicted octanol–water partition coefficient (Wildman–Crippen LogP) is 2.81. The molecule has 6 nitrogen and oxygen atoms in total. The second kappa shape index (κ2) is 7.72. The van der Waals surface area contributed by atoms with E-state index in [0.29, 0.717) is 17.0 Å². The number of aryl methyl sites for hydroxylation is 1. The number of nitrogens with zero attached hydrogens (tertiary/aromatic N) is 3. The lowest BCUT2D eigenvalue weighted by Gasteiger charge is -2.21. The highest BCUT2D eigenvalue weighted by atomic mass is 16.1. The van der Waals surface area contributed by atoms with Gasteiger partial charge in [-0.15, -0.1) is 0 Å². The maximum Gasteiger partial charge on any atom is 0.213 e. The van der Waals surface area contributed by atoms with Crippen molar-refractivity contribution >= 4 is 11.6 Å². The molecule has 27 heavy (non-hydrogen) atoms. The van der Waals surface area contributed by atoms with Crippen molar-refractivity contribution in [3.8, 4) is 11.3 Å². The zero-order chi connectivity index (χ0) is 18.6. The monoisotopic (exact) mass is 361 g/mol. The molecule has 2 N–H and O–H groups in total. The summed E-state index contributed by atoms with van der Waals surface area (Å²) in [4.78, 5) is 27.6. The molecular formula is C21H23N5O. The van der Waals surface area contributed by atoms with Gasteiger partial charge in [0.05, 0.1) is 0 Å². The summed E-state index contributed by atoms with van der Waals surface area (Å²) in [6.45, 7) is 5.65. The van der Waals surface area contributed by atoms with Gasteiger partial charge < -0.3 is 15.2 Å². The highest BCUT2D eigenvalue weighted by molar-refractivity contribution is 6.09. The third-order valence-corrected chi connectivity index (χ3v) is 4.87. The van der Waals surface area contributed by atoms with Gasteiger partial charge in [0.1, 0.15) is 11.5 Å². The van der Waals surface area contributed by atoms with Crippen molar-refractivity contribution in [3.05, 3.63) is 65.7 Å². The van der Waals surface area contributed by atoms with Crippen LogP contribution in [0.2, 0.25) is 0 Å². The van der Waals surface area contributed by atoms with Gasteiger partial charge in [-0.3, -0.25) is 9.78 Å². The largest absolute Gasteiger partial charge is 0.361 e. The number of hydrogen-bond donors (Lipinski definition) is 2. The number of rotatable bonds is 4. The number of pyridine rings is 2. The molecule has 0 radical (unpaired) electrons. The van der Waals surface area contributed by atoms with Crippen LogP contribution in [-0.2, 0) is 0 Å². The summed E-state index contributed by atoms with van der Waals surface area (Å²) in [5.74, 6) is 0.763. The fourth-order valence-electron chi connectivity index (χ4n) is 3.36. The summed E-state index contributed by atoms with van der Waals surface area (Å²) in [5.41, 5.74) is 3.59. The number of carbonyl (C=O) groups is 1. The molecule has 0 aromatic carbocycles. The van der Waals surface area contributed by atoms with E-state index in [-0.39, 0.29) is 5.78 Å². The van der Waals surface area contributed by atoms with Gasteiger partial charge in [-0.2, -0.15) is 0 Å². The molecule has 0 bridgehead atoms. The van der Waals surface area contributed by atoms with Gasteiger partial charge in [0, 0.05) is 54.5 Å². The van der Waals surface area contributed by atoms with Crippen molar-refractivity contribution in [2.24, 2.45) is 0 Å². The molecule has 0 aliphatic carbocycles. The van der Waals surface area contributed by atoms with Crippen LogP contribution in [-0.4, -0.2) is 46.9 Å². The zero-order valence-electron chi connectivity index (χ0n) is 15.4. The standard InChI is InChI=1S/C21H23N5O/c1-15-17(13-16(14-24-15)18-6-3-9-23-18)21(27)19-5-2-7-20(25-19)26-11-4-8-22-10-12-26/h2-3,5-7,9,13-14,22-23H,4,8,10-12H2,1H3. The predicted molar refractivity (Wildman–Crippen MR) is 106 cm³/mol. The Balaban J connectivity index is 1.65. The number of hydrogen-bond acceptors (Lipinski definition) is 5. The highest BCUT2D eigenvalue weighted by Gasteiger charge is 2.18. The smallest absolute Gasteiger partial charge is 0.213 e. The molecule has 0 amide bonds. The first-order valence-electron chi connectivity index (χ1n) is 9.30. The molecule has 4 rings (SSSR count). The van der Waals surface area contributed by atoms with Gasteiger partial charge in [0.2, 0.25) is 5.78 Å². The Morgan fingerprint density at radius 2 is 2.07 bits per heavy atom. The topological polar surface area (TPSA) is 73.9 Å². The second-order valence-corrected chi connectivity index (χ2v) is 6.74. The van der Waals surface area contributed by atoms with Crippen LogP contribution in [0.25, 0.3) is 11.3 Å². The van der Waals surface area contributed by atoms with Crippen molar-refractivity contribution < 1.29 is 4.79 Å². The number of anilines is 1. The summed E-state index contributed by atoms with van der Waals surface area (Å²) in [6.07, 6.45) is 4.71. The van der Waals surface area contributed by atoms with Crippen molar-refractivity contribution in [2.75, 3.05) is 31.1 Å². The number of nitrogens with one attached hydrogen (secondary N) is 2. The fourth-order valence-corrected chi connectivity index (χ4v) is 3.36. The highest BCUT2D eigenvalue weighted by Crippen LogP contribution is 2.22. The van der Waals surface area contributed by atoms with Crippen LogP contribution >= 0.6 is 0 Å². The molecule has 0 saturated carbocycles. The van der Waals surface area contributed by atoms with Gasteiger partial charge in [-0.05, 0) is 50.2 Å². The van der Waals surface area contributed by atoms with Crippen molar-refractivity contribution in [1.82, 2.24) is 20.3 Å². The molecule has 4 heterocycles. The molecule has 0 atom stereocenters. The first-order valence-corrected chi connectivity index (χ1v) is 9.30.